The van der Waals surface area contributed by atoms with Gasteiger partial charge in [-0.15, -0.1) is 24.0 Å². The fourth-order valence-corrected chi connectivity index (χ4v) is 2.60. The first-order valence-corrected chi connectivity index (χ1v) is 6.77. The summed E-state index contributed by atoms with van der Waals surface area (Å²) in [7, 11) is 3.12. The Morgan fingerprint density at radius 1 is 1.21 bits per heavy atom. The number of carbonyl (C=O) groups is 1. The van der Waals surface area contributed by atoms with Gasteiger partial charge in [0.2, 0.25) is 0 Å². The van der Waals surface area contributed by atoms with Crippen molar-refractivity contribution in [3.63, 3.8) is 0 Å². The molecule has 1 amide bonds. The monoisotopic (exact) mass is 295 g/mol. The van der Waals surface area contributed by atoms with Crippen LogP contribution in [0.5, 0.6) is 11.5 Å². The van der Waals surface area contributed by atoms with Gasteiger partial charge < -0.3 is 14.8 Å². The van der Waals surface area contributed by atoms with E-state index in [1.165, 1.54) is 11.3 Å². The summed E-state index contributed by atoms with van der Waals surface area (Å²) in [6.07, 6.45) is 0. The number of rotatable bonds is 4. The quantitative estimate of drug-likeness (QED) is 0.851. The molecule has 19 heavy (non-hydrogen) atoms. The van der Waals surface area contributed by atoms with Crippen LogP contribution in [-0.2, 0) is 0 Å². The number of hydrogen-bond acceptors (Lipinski definition) is 5. The van der Waals surface area contributed by atoms with Gasteiger partial charge in [0, 0.05) is 22.0 Å². The summed E-state index contributed by atoms with van der Waals surface area (Å²) in [6.45, 7) is 0. The van der Waals surface area contributed by atoms with Crippen molar-refractivity contribution in [1.29, 1.82) is 0 Å². The number of anilines is 1. The third-order valence-corrected chi connectivity index (χ3v) is 3.81. The highest BCUT2D eigenvalue weighted by Gasteiger charge is 2.10. The summed E-state index contributed by atoms with van der Waals surface area (Å²) in [5.74, 6) is 1.02. The number of ether oxygens (including phenoxy) is 2. The van der Waals surface area contributed by atoms with E-state index in [-0.39, 0.29) is 5.91 Å². The molecular weight excluding hydrogens is 282 g/mol. The lowest BCUT2D eigenvalue weighted by Gasteiger charge is -2.10. The summed E-state index contributed by atoms with van der Waals surface area (Å²) in [4.78, 5) is 13.4. The van der Waals surface area contributed by atoms with Crippen LogP contribution in [0.1, 0.15) is 9.67 Å². The second kappa shape index (κ2) is 5.99. The van der Waals surface area contributed by atoms with Gasteiger partial charge in [-0.2, -0.15) is 0 Å². The smallest absolute Gasteiger partial charge is 0.265 e. The van der Waals surface area contributed by atoms with Crippen molar-refractivity contribution in [2.45, 2.75) is 4.90 Å². The minimum absolute atomic E-state index is 0.169. The molecule has 0 saturated heterocycles. The topological polar surface area (TPSA) is 47.6 Å². The van der Waals surface area contributed by atoms with Gasteiger partial charge in [0.1, 0.15) is 0 Å². The highest BCUT2D eigenvalue weighted by molar-refractivity contribution is 7.80. The van der Waals surface area contributed by atoms with E-state index >= 15 is 0 Å². The van der Waals surface area contributed by atoms with Crippen LogP contribution >= 0.6 is 24.0 Å². The molecule has 2 rings (SSSR count). The fourth-order valence-electron chi connectivity index (χ4n) is 1.55. The number of nitrogens with one attached hydrogen (secondary N) is 1. The zero-order valence-electron chi connectivity index (χ0n) is 10.5. The first kappa shape index (κ1) is 13.8. The van der Waals surface area contributed by atoms with Gasteiger partial charge in [-0.05, 0) is 18.2 Å². The van der Waals surface area contributed by atoms with E-state index < -0.39 is 0 Å². The molecule has 6 heteroatoms. The average molecular weight is 295 g/mol. The Morgan fingerprint density at radius 2 is 1.95 bits per heavy atom. The fraction of sp³-hybridized carbons (Fsp3) is 0.154. The van der Waals surface area contributed by atoms with Crippen LogP contribution in [0.4, 0.5) is 5.69 Å². The Labute approximate surface area is 120 Å². The van der Waals surface area contributed by atoms with E-state index in [4.69, 9.17) is 9.47 Å². The molecule has 0 fully saturated rings. The normalized spacial score (nSPS) is 10.1. The first-order chi connectivity index (χ1) is 9.13. The summed E-state index contributed by atoms with van der Waals surface area (Å²) >= 11 is 5.53. The van der Waals surface area contributed by atoms with Gasteiger partial charge in [-0.1, -0.05) is 0 Å². The van der Waals surface area contributed by atoms with Gasteiger partial charge in [0.25, 0.3) is 5.91 Å². The number of thiophene rings is 1. The molecule has 1 heterocycles. The summed E-state index contributed by atoms with van der Waals surface area (Å²) in [5, 5.41) is 4.61. The predicted molar refractivity (Wildman–Crippen MR) is 79.1 cm³/mol. The van der Waals surface area contributed by atoms with Crippen molar-refractivity contribution in [1.82, 2.24) is 0 Å². The predicted octanol–water partition coefficient (Wildman–Crippen LogP) is 3.31. The van der Waals surface area contributed by atoms with Gasteiger partial charge in [0.15, 0.2) is 11.5 Å². The molecule has 100 valence electrons. The Kier molecular flexibility index (Phi) is 4.34. The number of hydrogen-bond donors (Lipinski definition) is 2. The van der Waals surface area contributed by atoms with Gasteiger partial charge >= 0.3 is 0 Å². The van der Waals surface area contributed by atoms with E-state index in [0.29, 0.717) is 22.1 Å². The van der Waals surface area contributed by atoms with Crippen LogP contribution < -0.4 is 14.8 Å². The Balaban J connectivity index is 2.17. The summed E-state index contributed by atoms with van der Waals surface area (Å²) in [5.41, 5.74) is 0.650. The molecule has 0 aliphatic rings. The van der Waals surface area contributed by atoms with Crippen LogP contribution in [0.15, 0.2) is 34.5 Å². The van der Waals surface area contributed by atoms with E-state index in [9.17, 15) is 4.79 Å². The summed E-state index contributed by atoms with van der Waals surface area (Å²) < 4.78 is 10.3. The molecule has 1 aromatic carbocycles. The number of benzene rings is 1. The third-order valence-electron chi connectivity index (χ3n) is 2.45. The van der Waals surface area contributed by atoms with Crippen molar-refractivity contribution in [3.05, 3.63) is 34.5 Å². The number of thiol groups is 1. The zero-order chi connectivity index (χ0) is 13.8. The molecule has 0 aliphatic carbocycles. The van der Waals surface area contributed by atoms with Gasteiger partial charge in [-0.3, -0.25) is 4.79 Å². The Hall–Kier alpha value is -1.66. The molecular formula is C13H13NO3S2. The highest BCUT2D eigenvalue weighted by Crippen LogP contribution is 2.30. The average Bonchev–Trinajstić information content (AvgIpc) is 2.85. The standard InChI is InChI=1S/C13H13NO3S2/c1-16-10-4-3-8(5-11(10)17-2)14-13(15)12-6-9(18)7-19-12/h3-7,18H,1-2H3,(H,14,15). The van der Waals surface area contributed by atoms with Crippen molar-refractivity contribution >= 4 is 35.6 Å². The second-order valence-electron chi connectivity index (χ2n) is 3.69. The van der Waals surface area contributed by atoms with Crippen molar-refractivity contribution < 1.29 is 14.3 Å². The number of amides is 1. The van der Waals surface area contributed by atoms with Crippen molar-refractivity contribution in [3.8, 4) is 11.5 Å². The third kappa shape index (κ3) is 3.21. The van der Waals surface area contributed by atoms with Crippen LogP contribution in [-0.4, -0.2) is 20.1 Å². The molecule has 0 atom stereocenters. The molecule has 0 spiro atoms. The van der Waals surface area contributed by atoms with Crippen LogP contribution in [0.2, 0.25) is 0 Å². The molecule has 0 bridgehead atoms. The van der Waals surface area contributed by atoms with Crippen molar-refractivity contribution in [2.24, 2.45) is 0 Å². The molecule has 0 unspecified atom stereocenters. The Morgan fingerprint density at radius 3 is 2.53 bits per heavy atom. The molecule has 1 aromatic heterocycles. The van der Waals surface area contributed by atoms with E-state index in [2.05, 4.69) is 17.9 Å². The largest absolute Gasteiger partial charge is 0.493 e. The first-order valence-electron chi connectivity index (χ1n) is 5.45. The molecule has 4 nitrogen and oxygen atoms in total. The number of methoxy groups -OCH3 is 2. The SMILES string of the molecule is COc1ccc(NC(=O)c2cc(S)cs2)cc1OC. The maximum Gasteiger partial charge on any atom is 0.265 e. The van der Waals surface area contributed by atoms with E-state index in [1.807, 2.05) is 5.38 Å². The minimum Gasteiger partial charge on any atom is -0.493 e. The van der Waals surface area contributed by atoms with Crippen LogP contribution in [0.3, 0.4) is 0 Å². The highest BCUT2D eigenvalue weighted by atomic mass is 32.1. The van der Waals surface area contributed by atoms with Gasteiger partial charge in [-0.25, -0.2) is 0 Å². The summed E-state index contributed by atoms with van der Waals surface area (Å²) in [6, 6.07) is 6.94. The van der Waals surface area contributed by atoms with Gasteiger partial charge in [0.05, 0.1) is 19.1 Å². The lowest BCUT2D eigenvalue weighted by Crippen LogP contribution is -2.10. The Bertz CT molecular complexity index is 595. The number of carbonyl (C=O) groups excluding carboxylic acids is 1. The second-order valence-corrected chi connectivity index (χ2v) is 5.12. The molecule has 0 aliphatic heterocycles. The van der Waals surface area contributed by atoms with Crippen LogP contribution in [0, 0.1) is 0 Å². The molecule has 1 N–H and O–H groups in total. The molecule has 0 radical (unpaired) electrons. The zero-order valence-corrected chi connectivity index (χ0v) is 12.2. The lowest BCUT2D eigenvalue weighted by molar-refractivity contribution is 0.103. The van der Waals surface area contributed by atoms with E-state index in [1.54, 1.807) is 38.5 Å². The lowest BCUT2D eigenvalue weighted by atomic mass is 10.2. The molecule has 0 saturated carbocycles. The van der Waals surface area contributed by atoms with Crippen molar-refractivity contribution in [2.75, 3.05) is 19.5 Å². The maximum atomic E-state index is 12.0. The maximum absolute atomic E-state index is 12.0. The van der Waals surface area contributed by atoms with Crippen LogP contribution in [0.25, 0.3) is 0 Å². The minimum atomic E-state index is -0.169. The molecule has 2 aromatic rings. The van der Waals surface area contributed by atoms with E-state index in [0.717, 1.165) is 4.90 Å².